The van der Waals surface area contributed by atoms with Crippen LogP contribution in [0.1, 0.15) is 12.0 Å². The van der Waals surface area contributed by atoms with Crippen molar-refractivity contribution in [2.75, 3.05) is 20.3 Å². The molecule has 1 aliphatic rings. The van der Waals surface area contributed by atoms with E-state index in [4.69, 9.17) is 40.2 Å². The third kappa shape index (κ3) is 4.20. The van der Waals surface area contributed by atoms with Crippen LogP contribution >= 0.6 is 47.2 Å². The zero-order valence-corrected chi connectivity index (χ0v) is 14.4. The van der Waals surface area contributed by atoms with E-state index in [-0.39, 0.29) is 5.91 Å². The number of ether oxygens (including phenoxy) is 1. The molecule has 1 aromatic carbocycles. The van der Waals surface area contributed by atoms with E-state index in [0.29, 0.717) is 32.4 Å². The monoisotopic (exact) mass is 361 g/mol. The molecule has 1 aliphatic heterocycles. The Morgan fingerprint density at radius 1 is 1.38 bits per heavy atom. The first-order valence-corrected chi connectivity index (χ1v) is 8.20. The van der Waals surface area contributed by atoms with Crippen LogP contribution in [-0.4, -0.2) is 35.4 Å². The van der Waals surface area contributed by atoms with Crippen molar-refractivity contribution in [1.29, 1.82) is 0 Å². The molecule has 2 rings (SSSR count). The highest BCUT2D eigenvalue weighted by atomic mass is 35.5. The zero-order valence-electron chi connectivity index (χ0n) is 11.3. The standard InChI is InChI=1S/C14H13Cl2NO2S2/c1-19-6-2-5-17-13(18)12(21-14(17)20)8-9-3-4-10(15)11(16)7-9/h3-4,7-8H,2,5-6H2,1H3/b12-8+. The lowest BCUT2D eigenvalue weighted by molar-refractivity contribution is -0.122. The van der Waals surface area contributed by atoms with Gasteiger partial charge >= 0.3 is 0 Å². The van der Waals surface area contributed by atoms with E-state index in [9.17, 15) is 4.79 Å². The minimum atomic E-state index is -0.0767. The summed E-state index contributed by atoms with van der Waals surface area (Å²) in [7, 11) is 1.63. The highest BCUT2D eigenvalue weighted by Gasteiger charge is 2.31. The second kappa shape index (κ2) is 7.61. The molecule has 0 atom stereocenters. The molecule has 7 heteroatoms. The molecular formula is C14H13Cl2NO2S2. The van der Waals surface area contributed by atoms with E-state index in [1.165, 1.54) is 11.8 Å². The summed E-state index contributed by atoms with van der Waals surface area (Å²) in [5, 5.41) is 0.946. The second-order valence-electron chi connectivity index (χ2n) is 4.35. The number of benzene rings is 1. The van der Waals surface area contributed by atoms with Gasteiger partial charge in [0.1, 0.15) is 4.32 Å². The predicted molar refractivity (Wildman–Crippen MR) is 92.8 cm³/mol. The summed E-state index contributed by atoms with van der Waals surface area (Å²) >= 11 is 18.4. The van der Waals surface area contributed by atoms with Crippen molar-refractivity contribution in [2.45, 2.75) is 6.42 Å². The molecular weight excluding hydrogens is 349 g/mol. The van der Waals surface area contributed by atoms with Crippen LogP contribution < -0.4 is 0 Å². The summed E-state index contributed by atoms with van der Waals surface area (Å²) in [5.41, 5.74) is 0.821. The number of hydrogen-bond donors (Lipinski definition) is 0. The first kappa shape index (κ1) is 16.8. The van der Waals surface area contributed by atoms with Gasteiger partial charge in [0.2, 0.25) is 0 Å². The Hall–Kier alpha value is -0.590. The number of nitrogens with zero attached hydrogens (tertiary/aromatic N) is 1. The topological polar surface area (TPSA) is 29.5 Å². The molecule has 1 fully saturated rings. The number of rotatable bonds is 5. The lowest BCUT2D eigenvalue weighted by Gasteiger charge is -2.13. The molecule has 3 nitrogen and oxygen atoms in total. The molecule has 0 saturated carbocycles. The third-order valence-electron chi connectivity index (χ3n) is 2.85. The first-order valence-electron chi connectivity index (χ1n) is 6.22. The van der Waals surface area contributed by atoms with E-state index in [0.717, 1.165) is 12.0 Å². The van der Waals surface area contributed by atoms with Crippen molar-refractivity contribution >= 4 is 63.5 Å². The molecule has 1 amide bonds. The number of amides is 1. The van der Waals surface area contributed by atoms with Gasteiger partial charge < -0.3 is 4.74 Å². The normalized spacial score (nSPS) is 17.1. The maximum absolute atomic E-state index is 12.3. The van der Waals surface area contributed by atoms with E-state index in [2.05, 4.69) is 0 Å². The average Bonchev–Trinajstić information content (AvgIpc) is 2.70. The molecule has 0 unspecified atom stereocenters. The number of carbonyl (C=O) groups excluding carboxylic acids is 1. The van der Waals surface area contributed by atoms with Crippen molar-refractivity contribution in [3.05, 3.63) is 38.7 Å². The molecule has 1 heterocycles. The molecule has 112 valence electrons. The minimum absolute atomic E-state index is 0.0767. The maximum atomic E-state index is 12.3. The zero-order chi connectivity index (χ0) is 15.4. The van der Waals surface area contributed by atoms with Crippen molar-refractivity contribution in [2.24, 2.45) is 0 Å². The van der Waals surface area contributed by atoms with E-state index in [1.54, 1.807) is 30.2 Å². The molecule has 0 aliphatic carbocycles. The largest absolute Gasteiger partial charge is 0.385 e. The van der Waals surface area contributed by atoms with Gasteiger partial charge in [0.15, 0.2) is 0 Å². The number of thioether (sulfide) groups is 1. The van der Waals surface area contributed by atoms with Crippen LogP contribution in [0.5, 0.6) is 0 Å². The molecule has 1 aromatic rings. The van der Waals surface area contributed by atoms with Crippen LogP contribution in [0.3, 0.4) is 0 Å². The van der Waals surface area contributed by atoms with Gasteiger partial charge in [0.25, 0.3) is 5.91 Å². The summed E-state index contributed by atoms with van der Waals surface area (Å²) in [5.74, 6) is -0.0767. The van der Waals surface area contributed by atoms with Gasteiger partial charge in [-0.05, 0) is 30.2 Å². The highest BCUT2D eigenvalue weighted by Crippen LogP contribution is 2.33. The van der Waals surface area contributed by atoms with Gasteiger partial charge in [0.05, 0.1) is 15.0 Å². The number of hydrogen-bond acceptors (Lipinski definition) is 4. The van der Waals surface area contributed by atoms with Gasteiger partial charge in [-0.3, -0.25) is 9.69 Å². The van der Waals surface area contributed by atoms with Crippen LogP contribution in [0.15, 0.2) is 23.1 Å². The molecule has 0 bridgehead atoms. The van der Waals surface area contributed by atoms with Crippen LogP contribution in [0.2, 0.25) is 10.0 Å². The van der Waals surface area contributed by atoms with Crippen LogP contribution in [0.25, 0.3) is 6.08 Å². The molecule has 1 saturated heterocycles. The summed E-state index contributed by atoms with van der Waals surface area (Å²) < 4.78 is 5.56. The Balaban J connectivity index is 2.13. The van der Waals surface area contributed by atoms with Crippen LogP contribution in [-0.2, 0) is 9.53 Å². The number of methoxy groups -OCH3 is 1. The molecule has 0 spiro atoms. The van der Waals surface area contributed by atoms with Crippen LogP contribution in [0.4, 0.5) is 0 Å². The minimum Gasteiger partial charge on any atom is -0.385 e. The molecule has 0 aromatic heterocycles. The van der Waals surface area contributed by atoms with Gasteiger partial charge in [0, 0.05) is 20.3 Å². The van der Waals surface area contributed by atoms with Gasteiger partial charge in [-0.15, -0.1) is 0 Å². The number of thiocarbonyl (C=S) groups is 1. The average molecular weight is 362 g/mol. The van der Waals surface area contributed by atoms with Crippen molar-refractivity contribution in [3.8, 4) is 0 Å². The van der Waals surface area contributed by atoms with Gasteiger partial charge in [-0.25, -0.2) is 0 Å². The summed E-state index contributed by atoms with van der Waals surface area (Å²) in [4.78, 5) is 14.5. The fraction of sp³-hybridized carbons (Fsp3) is 0.286. The lowest BCUT2D eigenvalue weighted by atomic mass is 10.2. The van der Waals surface area contributed by atoms with Crippen molar-refractivity contribution < 1.29 is 9.53 Å². The quantitative estimate of drug-likeness (QED) is 0.445. The Kier molecular flexibility index (Phi) is 6.08. The van der Waals surface area contributed by atoms with Gasteiger partial charge in [-0.2, -0.15) is 0 Å². The van der Waals surface area contributed by atoms with Crippen molar-refractivity contribution in [1.82, 2.24) is 4.90 Å². The van der Waals surface area contributed by atoms with Crippen molar-refractivity contribution in [3.63, 3.8) is 0 Å². The Labute approximate surface area is 143 Å². The summed E-state index contributed by atoms with van der Waals surface area (Å²) in [6.45, 7) is 1.17. The smallest absolute Gasteiger partial charge is 0.266 e. The number of carbonyl (C=O) groups is 1. The highest BCUT2D eigenvalue weighted by molar-refractivity contribution is 8.26. The third-order valence-corrected chi connectivity index (χ3v) is 4.96. The fourth-order valence-corrected chi connectivity index (χ4v) is 3.43. The first-order chi connectivity index (χ1) is 10.0. The van der Waals surface area contributed by atoms with Gasteiger partial charge in [-0.1, -0.05) is 53.2 Å². The lowest BCUT2D eigenvalue weighted by Crippen LogP contribution is -2.29. The Bertz CT molecular complexity index is 605. The Morgan fingerprint density at radius 3 is 2.81 bits per heavy atom. The molecule has 0 radical (unpaired) electrons. The second-order valence-corrected chi connectivity index (χ2v) is 6.84. The van der Waals surface area contributed by atoms with E-state index < -0.39 is 0 Å². The SMILES string of the molecule is COCCCN1C(=O)/C(=C\c2ccc(Cl)c(Cl)c2)SC1=S. The van der Waals surface area contributed by atoms with E-state index in [1.807, 2.05) is 6.07 Å². The summed E-state index contributed by atoms with van der Waals surface area (Å²) in [6, 6.07) is 5.24. The van der Waals surface area contributed by atoms with E-state index >= 15 is 0 Å². The number of halogens is 2. The molecule has 0 N–H and O–H groups in total. The predicted octanol–water partition coefficient (Wildman–Crippen LogP) is 4.23. The Morgan fingerprint density at radius 2 is 2.14 bits per heavy atom. The fourth-order valence-electron chi connectivity index (χ4n) is 1.81. The summed E-state index contributed by atoms with van der Waals surface area (Å²) in [6.07, 6.45) is 2.53. The maximum Gasteiger partial charge on any atom is 0.266 e. The molecule has 21 heavy (non-hydrogen) atoms. The van der Waals surface area contributed by atoms with Crippen LogP contribution in [0, 0.1) is 0 Å².